The third kappa shape index (κ3) is 2.36. The van der Waals surface area contributed by atoms with Crippen molar-refractivity contribution >= 4 is 17.6 Å². The van der Waals surface area contributed by atoms with Crippen molar-refractivity contribution in [1.82, 2.24) is 0 Å². The van der Waals surface area contributed by atoms with E-state index >= 15 is 0 Å². The van der Waals surface area contributed by atoms with Gasteiger partial charge in [0.1, 0.15) is 12.6 Å². The predicted octanol–water partition coefficient (Wildman–Crippen LogP) is -0.363. The van der Waals surface area contributed by atoms with E-state index in [1.54, 1.807) is 0 Å². The van der Waals surface area contributed by atoms with Crippen molar-refractivity contribution in [2.75, 3.05) is 6.54 Å². The number of halogens is 1. The van der Waals surface area contributed by atoms with E-state index in [0.29, 0.717) is 18.0 Å². The van der Waals surface area contributed by atoms with Crippen LogP contribution in [-0.4, -0.2) is 18.6 Å². The Bertz CT molecular complexity index is 394. The molecule has 0 aromatic heterocycles. The van der Waals surface area contributed by atoms with Gasteiger partial charge in [0.25, 0.3) is 0 Å². The Morgan fingerprint density at radius 3 is 2.94 bits per heavy atom. The van der Waals surface area contributed by atoms with Crippen molar-refractivity contribution < 1.29 is 14.8 Å². The molecule has 0 radical (unpaired) electrons. The second-order valence-corrected chi connectivity index (χ2v) is 4.60. The molecule has 1 aromatic carbocycles. The van der Waals surface area contributed by atoms with E-state index in [-0.39, 0.29) is 6.04 Å². The van der Waals surface area contributed by atoms with Crippen LogP contribution >= 0.6 is 11.6 Å². The molecule has 1 N–H and O–H groups in total. The number of rotatable bonds is 3. The lowest BCUT2D eigenvalue weighted by Crippen LogP contribution is -3.14. The zero-order valence-corrected chi connectivity index (χ0v) is 9.67. The van der Waals surface area contributed by atoms with Crippen LogP contribution in [-0.2, 0) is 11.3 Å². The molecule has 0 aliphatic carbocycles. The van der Waals surface area contributed by atoms with E-state index in [2.05, 4.69) is 0 Å². The van der Waals surface area contributed by atoms with Gasteiger partial charge in [0.05, 0.1) is 12.5 Å². The number of aliphatic carboxylic acids is 1. The molecule has 1 saturated heterocycles. The topological polar surface area (TPSA) is 44.6 Å². The van der Waals surface area contributed by atoms with Crippen LogP contribution in [0.3, 0.4) is 0 Å². The molecular formula is C12H14ClNO2. The van der Waals surface area contributed by atoms with Gasteiger partial charge in [-0.2, -0.15) is 0 Å². The van der Waals surface area contributed by atoms with Gasteiger partial charge in [-0.15, -0.1) is 0 Å². The quantitative estimate of drug-likeness (QED) is 0.783. The predicted molar refractivity (Wildman–Crippen MR) is 59.0 cm³/mol. The van der Waals surface area contributed by atoms with Crippen LogP contribution in [0.4, 0.5) is 0 Å². The maximum absolute atomic E-state index is 10.9. The number of carboxylic acids is 1. The van der Waals surface area contributed by atoms with Gasteiger partial charge >= 0.3 is 0 Å². The average molecular weight is 240 g/mol. The van der Waals surface area contributed by atoms with Crippen LogP contribution in [0.5, 0.6) is 0 Å². The van der Waals surface area contributed by atoms with Gasteiger partial charge in [-0.1, -0.05) is 29.8 Å². The van der Waals surface area contributed by atoms with E-state index in [4.69, 9.17) is 11.6 Å². The van der Waals surface area contributed by atoms with Crippen molar-refractivity contribution in [3.05, 3.63) is 34.9 Å². The molecule has 86 valence electrons. The second-order valence-electron chi connectivity index (χ2n) is 4.19. The zero-order chi connectivity index (χ0) is 11.5. The number of likely N-dealkylation sites (tertiary alicyclic amines) is 1. The van der Waals surface area contributed by atoms with Crippen molar-refractivity contribution in [3.8, 4) is 0 Å². The van der Waals surface area contributed by atoms with E-state index in [0.717, 1.165) is 23.4 Å². The fraction of sp³-hybridized carbons (Fsp3) is 0.417. The molecule has 2 atom stereocenters. The third-order valence-electron chi connectivity index (χ3n) is 3.14. The minimum absolute atomic E-state index is 0.378. The Morgan fingerprint density at radius 1 is 1.50 bits per heavy atom. The van der Waals surface area contributed by atoms with E-state index in [1.807, 2.05) is 24.3 Å². The number of carbonyl (C=O) groups is 1. The number of quaternary nitrogens is 1. The molecule has 0 saturated carbocycles. The van der Waals surface area contributed by atoms with Crippen LogP contribution in [0.15, 0.2) is 24.3 Å². The fourth-order valence-electron chi connectivity index (χ4n) is 2.29. The Balaban J connectivity index is 2.10. The highest BCUT2D eigenvalue weighted by atomic mass is 35.5. The Hall–Kier alpha value is -1.06. The number of carbonyl (C=O) groups excluding carboxylic acids is 1. The van der Waals surface area contributed by atoms with Crippen molar-refractivity contribution in [2.45, 2.75) is 25.4 Å². The standard InChI is InChI=1S/C12H14ClNO2/c13-10-5-2-1-4-9(10)8-14-7-3-6-11(14)12(15)16/h1-2,4-5,11H,3,6-8H2,(H,15,16)/t11-/m0/s1. The zero-order valence-electron chi connectivity index (χ0n) is 8.91. The summed E-state index contributed by atoms with van der Waals surface area (Å²) < 4.78 is 0. The van der Waals surface area contributed by atoms with Crippen LogP contribution in [0.2, 0.25) is 5.02 Å². The monoisotopic (exact) mass is 239 g/mol. The number of nitrogens with one attached hydrogen (secondary N) is 1. The van der Waals surface area contributed by atoms with Crippen molar-refractivity contribution in [1.29, 1.82) is 0 Å². The first-order valence-electron chi connectivity index (χ1n) is 5.47. The van der Waals surface area contributed by atoms with E-state index < -0.39 is 5.97 Å². The molecule has 1 aromatic rings. The first kappa shape index (κ1) is 11.4. The van der Waals surface area contributed by atoms with Crippen molar-refractivity contribution in [2.24, 2.45) is 0 Å². The second kappa shape index (κ2) is 4.85. The fourth-order valence-corrected chi connectivity index (χ4v) is 2.50. The lowest BCUT2D eigenvalue weighted by molar-refractivity contribution is -0.919. The van der Waals surface area contributed by atoms with Gasteiger partial charge in [0.2, 0.25) is 0 Å². The Labute approximate surface area is 99.6 Å². The first-order chi connectivity index (χ1) is 7.68. The van der Waals surface area contributed by atoms with Gasteiger partial charge in [0.15, 0.2) is 0 Å². The van der Waals surface area contributed by atoms with Crippen LogP contribution in [0, 0.1) is 0 Å². The number of benzene rings is 1. The summed E-state index contributed by atoms with van der Waals surface area (Å²) in [6.07, 6.45) is 1.65. The summed E-state index contributed by atoms with van der Waals surface area (Å²) in [6.45, 7) is 1.54. The summed E-state index contributed by atoms with van der Waals surface area (Å²) in [6, 6.07) is 7.20. The highest BCUT2D eigenvalue weighted by molar-refractivity contribution is 6.31. The number of carboxylic acid groups (broad SMARTS) is 1. The highest BCUT2D eigenvalue weighted by Crippen LogP contribution is 2.14. The van der Waals surface area contributed by atoms with Gasteiger partial charge < -0.3 is 14.8 Å². The van der Waals surface area contributed by atoms with E-state index in [9.17, 15) is 9.90 Å². The molecular weight excluding hydrogens is 226 g/mol. The molecule has 3 nitrogen and oxygen atoms in total. The first-order valence-corrected chi connectivity index (χ1v) is 5.85. The molecule has 0 spiro atoms. The maximum Gasteiger partial charge on any atom is 0.128 e. The molecule has 1 aliphatic heterocycles. The molecule has 16 heavy (non-hydrogen) atoms. The Kier molecular flexibility index (Phi) is 3.46. The lowest BCUT2D eigenvalue weighted by atomic mass is 10.2. The van der Waals surface area contributed by atoms with Crippen LogP contribution in [0.1, 0.15) is 18.4 Å². The highest BCUT2D eigenvalue weighted by Gasteiger charge is 2.29. The number of hydrogen-bond donors (Lipinski definition) is 1. The lowest BCUT2D eigenvalue weighted by Gasteiger charge is -2.22. The summed E-state index contributed by atoms with van der Waals surface area (Å²) >= 11 is 6.05. The SMILES string of the molecule is O=C([O-])[C@@H]1CCC[NH+]1Cc1ccccc1Cl. The van der Waals surface area contributed by atoms with Gasteiger partial charge in [-0.3, -0.25) is 0 Å². The maximum atomic E-state index is 10.9. The minimum atomic E-state index is -0.945. The van der Waals surface area contributed by atoms with Gasteiger partial charge in [0, 0.05) is 23.4 Å². The van der Waals surface area contributed by atoms with Crippen LogP contribution in [0.25, 0.3) is 0 Å². The van der Waals surface area contributed by atoms with Gasteiger partial charge in [-0.25, -0.2) is 0 Å². The summed E-state index contributed by atoms with van der Waals surface area (Å²) in [7, 11) is 0. The summed E-state index contributed by atoms with van der Waals surface area (Å²) in [4.78, 5) is 12.0. The summed E-state index contributed by atoms with van der Waals surface area (Å²) in [5.41, 5.74) is 1.01. The normalized spacial score (nSPS) is 24.6. The van der Waals surface area contributed by atoms with Crippen LogP contribution < -0.4 is 10.0 Å². The molecule has 1 aliphatic rings. The molecule has 1 fully saturated rings. The smallest absolute Gasteiger partial charge is 0.128 e. The molecule has 0 amide bonds. The average Bonchev–Trinajstić information content (AvgIpc) is 2.69. The van der Waals surface area contributed by atoms with E-state index in [1.165, 1.54) is 0 Å². The minimum Gasteiger partial charge on any atom is -0.544 e. The number of hydrogen-bond acceptors (Lipinski definition) is 2. The Morgan fingerprint density at radius 2 is 2.25 bits per heavy atom. The van der Waals surface area contributed by atoms with Gasteiger partial charge in [-0.05, 0) is 6.07 Å². The summed E-state index contributed by atoms with van der Waals surface area (Å²) in [5.74, 6) is -0.945. The molecule has 0 bridgehead atoms. The molecule has 1 heterocycles. The van der Waals surface area contributed by atoms with Crippen molar-refractivity contribution in [3.63, 3.8) is 0 Å². The molecule has 4 heteroatoms. The largest absolute Gasteiger partial charge is 0.544 e. The third-order valence-corrected chi connectivity index (χ3v) is 3.51. The molecule has 2 rings (SSSR count). The summed E-state index contributed by atoms with van der Waals surface area (Å²) in [5, 5.41) is 11.6. The molecule has 1 unspecified atom stereocenters.